The molecule has 5 nitrogen and oxygen atoms in total. The Kier molecular flexibility index (Phi) is 7.08. The van der Waals surface area contributed by atoms with Crippen LogP contribution in [-0.2, 0) is 13.1 Å². The van der Waals surface area contributed by atoms with Crippen LogP contribution in [0.5, 0.6) is 0 Å². The highest BCUT2D eigenvalue weighted by molar-refractivity contribution is 14.0. The van der Waals surface area contributed by atoms with E-state index in [0.29, 0.717) is 18.4 Å². The molecular weight excluding hydrogens is 413 g/mol. The van der Waals surface area contributed by atoms with Crippen molar-refractivity contribution in [2.45, 2.75) is 32.9 Å². The zero-order valence-electron chi connectivity index (χ0n) is 14.1. The first-order valence-corrected chi connectivity index (χ1v) is 8.31. The van der Waals surface area contributed by atoms with Gasteiger partial charge in [-0.05, 0) is 36.0 Å². The lowest BCUT2D eigenvalue weighted by Crippen LogP contribution is -2.43. The Morgan fingerprint density at radius 3 is 2.79 bits per heavy atom. The van der Waals surface area contributed by atoms with E-state index in [-0.39, 0.29) is 24.0 Å². The summed E-state index contributed by atoms with van der Waals surface area (Å²) in [6.45, 7) is 5.70. The summed E-state index contributed by atoms with van der Waals surface area (Å²) in [5.74, 6) is 1.37. The molecule has 3 rings (SSSR count). The van der Waals surface area contributed by atoms with E-state index >= 15 is 0 Å². The van der Waals surface area contributed by atoms with Gasteiger partial charge in [-0.25, -0.2) is 4.99 Å². The van der Waals surface area contributed by atoms with Crippen molar-refractivity contribution in [2.24, 2.45) is 16.6 Å². The standard InChI is InChI=1S/C18H25N5.HI/c1-15-6-4-10-22(13-15)18(19)20-12-16-7-2-3-8-17(16)14-23-11-5-9-21-23;/h2-3,5,7-9,11,15H,4,6,10,12-14H2,1H3,(H2,19,20);1H. The normalized spacial score (nSPS) is 18.3. The van der Waals surface area contributed by atoms with Gasteiger partial charge in [-0.1, -0.05) is 31.2 Å². The summed E-state index contributed by atoms with van der Waals surface area (Å²) in [6, 6.07) is 10.3. The Hall–Kier alpha value is -1.57. The predicted molar refractivity (Wildman–Crippen MR) is 108 cm³/mol. The Morgan fingerprint density at radius 2 is 2.08 bits per heavy atom. The van der Waals surface area contributed by atoms with Crippen molar-refractivity contribution in [3.63, 3.8) is 0 Å². The number of nitrogens with zero attached hydrogens (tertiary/aromatic N) is 4. The highest BCUT2D eigenvalue weighted by atomic mass is 127. The molecule has 130 valence electrons. The molecule has 0 aliphatic carbocycles. The smallest absolute Gasteiger partial charge is 0.191 e. The fourth-order valence-corrected chi connectivity index (χ4v) is 3.10. The first kappa shape index (κ1) is 18.8. The summed E-state index contributed by atoms with van der Waals surface area (Å²) in [5, 5.41) is 4.28. The summed E-state index contributed by atoms with van der Waals surface area (Å²) in [4.78, 5) is 6.85. The molecule has 6 heteroatoms. The number of nitrogens with two attached hydrogens (primary N) is 1. The fourth-order valence-electron chi connectivity index (χ4n) is 3.10. The van der Waals surface area contributed by atoms with Crippen LogP contribution in [0.1, 0.15) is 30.9 Å². The van der Waals surface area contributed by atoms with Gasteiger partial charge < -0.3 is 10.6 Å². The maximum atomic E-state index is 6.20. The molecule has 0 spiro atoms. The van der Waals surface area contributed by atoms with Crippen molar-refractivity contribution >= 4 is 29.9 Å². The van der Waals surface area contributed by atoms with Gasteiger partial charge in [0.25, 0.3) is 0 Å². The summed E-state index contributed by atoms with van der Waals surface area (Å²) >= 11 is 0. The number of aliphatic imine (C=N–C) groups is 1. The van der Waals surface area contributed by atoms with Gasteiger partial charge in [0.1, 0.15) is 0 Å². The van der Waals surface area contributed by atoms with Gasteiger partial charge in [0.05, 0.1) is 13.1 Å². The van der Waals surface area contributed by atoms with Crippen LogP contribution in [0.25, 0.3) is 0 Å². The maximum Gasteiger partial charge on any atom is 0.191 e. The zero-order chi connectivity index (χ0) is 16.1. The monoisotopic (exact) mass is 439 g/mol. The van der Waals surface area contributed by atoms with Gasteiger partial charge in [-0.15, -0.1) is 24.0 Å². The Bertz CT molecular complexity index is 653. The molecule has 1 saturated heterocycles. The van der Waals surface area contributed by atoms with E-state index in [0.717, 1.165) is 19.6 Å². The molecule has 2 N–H and O–H groups in total. The molecule has 1 atom stereocenters. The van der Waals surface area contributed by atoms with Crippen molar-refractivity contribution in [3.8, 4) is 0 Å². The second-order valence-electron chi connectivity index (χ2n) is 6.34. The topological polar surface area (TPSA) is 59.4 Å². The summed E-state index contributed by atoms with van der Waals surface area (Å²) in [6.07, 6.45) is 6.27. The van der Waals surface area contributed by atoms with E-state index in [9.17, 15) is 0 Å². The first-order chi connectivity index (χ1) is 11.2. The molecule has 2 aromatic rings. The average Bonchev–Trinajstić information content (AvgIpc) is 3.07. The van der Waals surface area contributed by atoms with Crippen LogP contribution in [0, 0.1) is 5.92 Å². The Morgan fingerprint density at radius 1 is 1.29 bits per heavy atom. The van der Waals surface area contributed by atoms with E-state index in [2.05, 4.69) is 46.2 Å². The van der Waals surface area contributed by atoms with Crippen LogP contribution in [0.4, 0.5) is 0 Å². The van der Waals surface area contributed by atoms with Crippen LogP contribution in [-0.4, -0.2) is 33.7 Å². The van der Waals surface area contributed by atoms with Gasteiger partial charge in [-0.3, -0.25) is 4.68 Å². The number of likely N-dealkylation sites (tertiary alicyclic amines) is 1. The van der Waals surface area contributed by atoms with E-state index in [1.807, 2.05) is 16.9 Å². The molecular formula is C18H26IN5. The average molecular weight is 439 g/mol. The second-order valence-corrected chi connectivity index (χ2v) is 6.34. The number of piperidine rings is 1. The molecule has 0 bridgehead atoms. The third-order valence-corrected chi connectivity index (χ3v) is 4.40. The van der Waals surface area contributed by atoms with Crippen molar-refractivity contribution in [3.05, 3.63) is 53.9 Å². The van der Waals surface area contributed by atoms with Gasteiger partial charge in [0.2, 0.25) is 0 Å². The van der Waals surface area contributed by atoms with Gasteiger partial charge in [-0.2, -0.15) is 5.10 Å². The predicted octanol–water partition coefficient (Wildman–Crippen LogP) is 3.10. The molecule has 1 aliphatic rings. The third-order valence-electron chi connectivity index (χ3n) is 4.40. The molecule has 1 aliphatic heterocycles. The van der Waals surface area contributed by atoms with Crippen molar-refractivity contribution < 1.29 is 0 Å². The number of benzene rings is 1. The van der Waals surface area contributed by atoms with Gasteiger partial charge >= 0.3 is 0 Å². The van der Waals surface area contributed by atoms with E-state index in [4.69, 9.17) is 5.73 Å². The van der Waals surface area contributed by atoms with Gasteiger partial charge in [0.15, 0.2) is 5.96 Å². The molecule has 0 amide bonds. The number of guanidine groups is 1. The molecule has 2 heterocycles. The fraction of sp³-hybridized carbons (Fsp3) is 0.444. The summed E-state index contributed by atoms with van der Waals surface area (Å²) < 4.78 is 1.93. The first-order valence-electron chi connectivity index (χ1n) is 8.31. The molecule has 1 aromatic heterocycles. The van der Waals surface area contributed by atoms with Gasteiger partial charge in [0, 0.05) is 25.5 Å². The highest BCUT2D eigenvalue weighted by Gasteiger charge is 2.17. The lowest BCUT2D eigenvalue weighted by atomic mass is 10.0. The number of halogens is 1. The quantitative estimate of drug-likeness (QED) is 0.453. The minimum absolute atomic E-state index is 0. The number of hydrogen-bond donors (Lipinski definition) is 1. The van der Waals surface area contributed by atoms with Crippen LogP contribution < -0.4 is 5.73 Å². The van der Waals surface area contributed by atoms with E-state index in [1.54, 1.807) is 6.20 Å². The largest absolute Gasteiger partial charge is 0.370 e. The summed E-state index contributed by atoms with van der Waals surface area (Å²) in [5.41, 5.74) is 8.64. The number of hydrogen-bond acceptors (Lipinski definition) is 2. The summed E-state index contributed by atoms with van der Waals surface area (Å²) in [7, 11) is 0. The van der Waals surface area contributed by atoms with Crippen LogP contribution in [0.3, 0.4) is 0 Å². The molecule has 1 aromatic carbocycles. The number of aromatic nitrogens is 2. The number of rotatable bonds is 4. The molecule has 0 saturated carbocycles. The second kappa shape index (κ2) is 9.05. The van der Waals surface area contributed by atoms with Crippen LogP contribution in [0.15, 0.2) is 47.7 Å². The Balaban J connectivity index is 0.00000208. The molecule has 1 unspecified atom stereocenters. The zero-order valence-corrected chi connectivity index (χ0v) is 16.5. The molecule has 24 heavy (non-hydrogen) atoms. The van der Waals surface area contributed by atoms with Crippen LogP contribution in [0.2, 0.25) is 0 Å². The van der Waals surface area contributed by atoms with E-state index < -0.39 is 0 Å². The van der Waals surface area contributed by atoms with Crippen molar-refractivity contribution in [2.75, 3.05) is 13.1 Å². The van der Waals surface area contributed by atoms with Crippen molar-refractivity contribution in [1.29, 1.82) is 0 Å². The molecule has 1 fully saturated rings. The maximum absolute atomic E-state index is 6.20. The molecule has 0 radical (unpaired) electrons. The minimum Gasteiger partial charge on any atom is -0.370 e. The Labute approximate surface area is 161 Å². The lowest BCUT2D eigenvalue weighted by molar-refractivity contribution is 0.270. The van der Waals surface area contributed by atoms with Crippen LogP contribution >= 0.6 is 24.0 Å². The SMILES string of the molecule is CC1CCCN(C(N)=NCc2ccccc2Cn2cccn2)C1.I. The van der Waals surface area contributed by atoms with Crippen molar-refractivity contribution in [1.82, 2.24) is 14.7 Å². The highest BCUT2D eigenvalue weighted by Crippen LogP contribution is 2.16. The lowest BCUT2D eigenvalue weighted by Gasteiger charge is -2.31. The third kappa shape index (κ3) is 4.96. The minimum atomic E-state index is 0. The van der Waals surface area contributed by atoms with E-state index in [1.165, 1.54) is 24.0 Å².